The number of phenols is 2. The average molecular weight is 373 g/mol. The molecule has 146 valence electrons. The van der Waals surface area contributed by atoms with Crippen molar-refractivity contribution in [2.24, 2.45) is 0 Å². The zero-order valence-electron chi connectivity index (χ0n) is 15.4. The van der Waals surface area contributed by atoms with Crippen LogP contribution < -0.4 is 5.32 Å². The van der Waals surface area contributed by atoms with Crippen LogP contribution in [0.4, 0.5) is 5.69 Å². The van der Waals surface area contributed by atoms with Gasteiger partial charge in [-0.25, -0.2) is 0 Å². The second-order valence-corrected chi connectivity index (χ2v) is 7.37. The normalized spacial score (nSPS) is 19.0. The van der Waals surface area contributed by atoms with Crippen LogP contribution in [0.2, 0.25) is 0 Å². The number of benzene rings is 1. The minimum Gasteiger partial charge on any atom is -0.504 e. The predicted molar refractivity (Wildman–Crippen MR) is 103 cm³/mol. The highest BCUT2D eigenvalue weighted by Gasteiger charge is 2.23. The van der Waals surface area contributed by atoms with Crippen molar-refractivity contribution in [3.05, 3.63) is 23.4 Å². The molecule has 0 spiro atoms. The van der Waals surface area contributed by atoms with E-state index in [4.69, 9.17) is 14.8 Å². The number of aromatic hydroxyl groups is 2. The number of phenolic OH excluding ortho intramolecular Hbond substituents is 2. The number of piperidine rings is 1. The lowest BCUT2D eigenvalue weighted by atomic mass is 9.98. The zero-order valence-corrected chi connectivity index (χ0v) is 15.4. The van der Waals surface area contributed by atoms with Gasteiger partial charge in [0.05, 0.1) is 25.3 Å². The molecule has 4 rings (SSSR count). The van der Waals surface area contributed by atoms with Crippen LogP contribution in [0.25, 0.3) is 10.9 Å². The molecule has 0 saturated carbocycles. The van der Waals surface area contributed by atoms with Crippen LogP contribution in [-0.4, -0.2) is 70.7 Å². The number of likely N-dealkylation sites (tertiary alicyclic amines) is 1. The van der Waals surface area contributed by atoms with Crippen LogP contribution in [0.3, 0.4) is 0 Å². The SMILES string of the molecule is OCCN1CCC(Nc2c3c(nc4cc(O)c(O)cc24)CCOCC3)CC1. The van der Waals surface area contributed by atoms with Crippen LogP contribution in [-0.2, 0) is 17.6 Å². The van der Waals surface area contributed by atoms with Crippen LogP contribution >= 0.6 is 0 Å². The number of anilines is 1. The summed E-state index contributed by atoms with van der Waals surface area (Å²) >= 11 is 0. The van der Waals surface area contributed by atoms with Crippen LogP contribution in [0.5, 0.6) is 11.5 Å². The van der Waals surface area contributed by atoms with Crippen molar-refractivity contribution in [3.63, 3.8) is 0 Å². The Morgan fingerprint density at radius 1 is 1.11 bits per heavy atom. The summed E-state index contributed by atoms with van der Waals surface area (Å²) in [7, 11) is 0. The molecule has 2 aromatic rings. The van der Waals surface area contributed by atoms with Crippen molar-refractivity contribution in [1.29, 1.82) is 0 Å². The smallest absolute Gasteiger partial charge is 0.159 e. The van der Waals surface area contributed by atoms with Gasteiger partial charge >= 0.3 is 0 Å². The van der Waals surface area contributed by atoms with E-state index in [1.165, 1.54) is 6.07 Å². The largest absolute Gasteiger partial charge is 0.504 e. The van der Waals surface area contributed by atoms with E-state index in [1.807, 2.05) is 0 Å². The number of aliphatic hydroxyl groups excluding tert-OH is 1. The van der Waals surface area contributed by atoms with Crippen molar-refractivity contribution >= 4 is 16.6 Å². The topological polar surface area (TPSA) is 98.1 Å². The van der Waals surface area contributed by atoms with E-state index in [2.05, 4.69) is 10.2 Å². The fourth-order valence-electron chi connectivity index (χ4n) is 4.11. The lowest BCUT2D eigenvalue weighted by Gasteiger charge is -2.33. The summed E-state index contributed by atoms with van der Waals surface area (Å²) in [6.07, 6.45) is 3.53. The number of β-amino-alcohol motifs (C(OH)–C–C–N with tert-alkyl or cyclic N) is 1. The van der Waals surface area contributed by atoms with E-state index in [9.17, 15) is 10.2 Å². The number of nitrogens with zero attached hydrogens (tertiary/aromatic N) is 2. The number of rotatable bonds is 4. The fourth-order valence-corrected chi connectivity index (χ4v) is 4.11. The van der Waals surface area contributed by atoms with E-state index in [0.717, 1.165) is 67.6 Å². The highest BCUT2D eigenvalue weighted by molar-refractivity contribution is 5.95. The predicted octanol–water partition coefficient (Wildman–Crippen LogP) is 1.63. The first kappa shape index (κ1) is 18.3. The number of pyridine rings is 1. The van der Waals surface area contributed by atoms with Gasteiger partial charge in [-0.2, -0.15) is 0 Å². The van der Waals surface area contributed by atoms with E-state index >= 15 is 0 Å². The van der Waals surface area contributed by atoms with Gasteiger partial charge in [0.15, 0.2) is 11.5 Å². The van der Waals surface area contributed by atoms with Gasteiger partial charge < -0.3 is 30.3 Å². The van der Waals surface area contributed by atoms with Gasteiger partial charge in [0.25, 0.3) is 0 Å². The molecule has 0 unspecified atom stereocenters. The Bertz CT molecular complexity index is 819. The highest BCUT2D eigenvalue weighted by atomic mass is 16.5. The molecule has 2 aliphatic rings. The zero-order chi connectivity index (χ0) is 18.8. The van der Waals surface area contributed by atoms with E-state index in [-0.39, 0.29) is 18.1 Å². The Kier molecular flexibility index (Phi) is 5.33. The molecule has 0 aliphatic carbocycles. The third-order valence-electron chi connectivity index (χ3n) is 5.60. The first-order valence-electron chi connectivity index (χ1n) is 9.70. The minimum atomic E-state index is -0.150. The van der Waals surface area contributed by atoms with E-state index in [0.29, 0.717) is 24.8 Å². The molecule has 1 aromatic carbocycles. The second-order valence-electron chi connectivity index (χ2n) is 7.37. The van der Waals surface area contributed by atoms with Gasteiger partial charge in [0, 0.05) is 54.9 Å². The molecule has 7 heteroatoms. The summed E-state index contributed by atoms with van der Waals surface area (Å²) < 4.78 is 5.64. The monoisotopic (exact) mass is 373 g/mol. The van der Waals surface area contributed by atoms with Gasteiger partial charge in [-0.3, -0.25) is 4.98 Å². The molecule has 3 heterocycles. The van der Waals surface area contributed by atoms with Crippen molar-refractivity contribution in [3.8, 4) is 11.5 Å². The summed E-state index contributed by atoms with van der Waals surface area (Å²) in [4.78, 5) is 7.02. The third kappa shape index (κ3) is 3.81. The van der Waals surface area contributed by atoms with Crippen molar-refractivity contribution in [2.45, 2.75) is 31.7 Å². The van der Waals surface area contributed by atoms with Gasteiger partial charge in [-0.1, -0.05) is 0 Å². The Morgan fingerprint density at radius 2 is 1.85 bits per heavy atom. The van der Waals surface area contributed by atoms with Gasteiger partial charge in [0.1, 0.15) is 0 Å². The Hall–Kier alpha value is -2.09. The summed E-state index contributed by atoms with van der Waals surface area (Å²) in [5.41, 5.74) is 3.86. The van der Waals surface area contributed by atoms with Gasteiger partial charge in [-0.05, 0) is 30.9 Å². The van der Waals surface area contributed by atoms with Crippen molar-refractivity contribution < 1.29 is 20.1 Å². The molecular weight excluding hydrogens is 346 g/mol. The molecule has 7 nitrogen and oxygen atoms in total. The van der Waals surface area contributed by atoms with Crippen molar-refractivity contribution in [2.75, 3.05) is 44.8 Å². The Labute approximate surface area is 158 Å². The molecule has 0 radical (unpaired) electrons. The number of hydrogen-bond acceptors (Lipinski definition) is 7. The van der Waals surface area contributed by atoms with E-state index < -0.39 is 0 Å². The summed E-state index contributed by atoms with van der Waals surface area (Å²) in [5, 5.41) is 33.6. The molecule has 27 heavy (non-hydrogen) atoms. The quantitative estimate of drug-likeness (QED) is 0.605. The molecule has 1 fully saturated rings. The summed E-state index contributed by atoms with van der Waals surface area (Å²) in [6, 6.07) is 3.47. The molecule has 0 atom stereocenters. The Morgan fingerprint density at radius 3 is 2.63 bits per heavy atom. The lowest BCUT2D eigenvalue weighted by molar-refractivity contribution is 0.146. The maximum Gasteiger partial charge on any atom is 0.159 e. The lowest BCUT2D eigenvalue weighted by Crippen LogP contribution is -2.40. The number of nitrogens with one attached hydrogen (secondary N) is 1. The summed E-state index contributed by atoms with van der Waals surface area (Å²) in [6.45, 7) is 4.15. The first-order valence-corrected chi connectivity index (χ1v) is 9.70. The molecule has 2 aliphatic heterocycles. The highest BCUT2D eigenvalue weighted by Crippen LogP contribution is 2.37. The fraction of sp³-hybridized carbons (Fsp3) is 0.550. The second kappa shape index (κ2) is 7.88. The Balaban J connectivity index is 1.69. The molecule has 0 amide bonds. The van der Waals surface area contributed by atoms with Gasteiger partial charge in [0.2, 0.25) is 0 Å². The van der Waals surface area contributed by atoms with Crippen LogP contribution in [0, 0.1) is 0 Å². The number of aliphatic hydroxyl groups is 1. The number of fused-ring (bicyclic) bond motifs is 2. The first-order chi connectivity index (χ1) is 13.2. The number of aromatic nitrogens is 1. The minimum absolute atomic E-state index is 0.130. The number of hydrogen-bond donors (Lipinski definition) is 4. The number of ether oxygens (including phenoxy) is 1. The van der Waals surface area contributed by atoms with Crippen LogP contribution in [0.1, 0.15) is 24.1 Å². The average Bonchev–Trinajstić information content (AvgIpc) is 2.90. The van der Waals surface area contributed by atoms with Crippen LogP contribution in [0.15, 0.2) is 12.1 Å². The molecule has 1 saturated heterocycles. The van der Waals surface area contributed by atoms with E-state index in [1.54, 1.807) is 6.07 Å². The summed E-state index contributed by atoms with van der Waals surface area (Å²) in [5.74, 6) is -0.280. The third-order valence-corrected chi connectivity index (χ3v) is 5.60. The molecule has 1 aromatic heterocycles. The molecule has 4 N–H and O–H groups in total. The van der Waals surface area contributed by atoms with Crippen molar-refractivity contribution in [1.82, 2.24) is 9.88 Å². The molecule has 0 bridgehead atoms. The maximum atomic E-state index is 10.0. The maximum absolute atomic E-state index is 10.0. The van der Waals surface area contributed by atoms with Gasteiger partial charge in [-0.15, -0.1) is 0 Å². The standard InChI is InChI=1S/C20H27N3O4/c24-8-7-23-5-1-13(2-6-23)21-20-14-3-9-27-10-4-16(14)22-17-12-19(26)18(25)11-15(17)20/h11-13,24-26H,1-10H2,(H,21,22). The molecular formula is C20H27N3O4.